The number of hydrogen-bond donors (Lipinski definition) is 2. The number of aliphatic hydroxyl groups excluding tert-OH is 1. The maximum Gasteiger partial charge on any atom is 0.283 e. The Morgan fingerprint density at radius 2 is 2.28 bits per heavy atom. The first-order valence-corrected chi connectivity index (χ1v) is 5.74. The monoisotopic (exact) mass is 272 g/mol. The van der Waals surface area contributed by atoms with Crippen LogP contribution in [0.2, 0.25) is 5.02 Å². The molecule has 1 aromatic rings. The number of nitrogens with zero attached hydrogens (tertiary/aromatic N) is 1. The van der Waals surface area contributed by atoms with Crippen molar-refractivity contribution in [1.82, 2.24) is 5.32 Å². The van der Waals surface area contributed by atoms with Crippen molar-refractivity contribution in [2.75, 3.05) is 6.54 Å². The molecule has 18 heavy (non-hydrogen) atoms. The molecule has 0 radical (unpaired) electrons. The summed E-state index contributed by atoms with van der Waals surface area (Å²) in [4.78, 5) is 21.9. The van der Waals surface area contributed by atoms with E-state index in [-0.39, 0.29) is 22.8 Å². The number of nitrogens with one attached hydrogen (secondary N) is 1. The number of aliphatic hydroxyl groups is 1. The van der Waals surface area contributed by atoms with Gasteiger partial charge in [0, 0.05) is 12.6 Å². The molecule has 6 nitrogen and oxygen atoms in total. The van der Waals surface area contributed by atoms with Gasteiger partial charge in [-0.3, -0.25) is 14.9 Å². The number of halogens is 1. The SMILES string of the molecule is CCC(O)CNC(=O)c1c(Cl)cccc1[N+](=O)[O-]. The van der Waals surface area contributed by atoms with E-state index in [1.165, 1.54) is 18.2 Å². The van der Waals surface area contributed by atoms with Gasteiger partial charge < -0.3 is 10.4 Å². The third-order valence-electron chi connectivity index (χ3n) is 2.38. The van der Waals surface area contributed by atoms with E-state index < -0.39 is 16.9 Å². The molecule has 0 saturated heterocycles. The highest BCUT2D eigenvalue weighted by molar-refractivity contribution is 6.34. The number of benzene rings is 1. The highest BCUT2D eigenvalue weighted by atomic mass is 35.5. The third-order valence-corrected chi connectivity index (χ3v) is 2.70. The normalized spacial score (nSPS) is 11.9. The molecule has 0 spiro atoms. The van der Waals surface area contributed by atoms with Crippen LogP contribution in [0.5, 0.6) is 0 Å². The lowest BCUT2D eigenvalue weighted by molar-refractivity contribution is -0.385. The maximum absolute atomic E-state index is 11.8. The van der Waals surface area contributed by atoms with Crippen molar-refractivity contribution in [3.8, 4) is 0 Å². The van der Waals surface area contributed by atoms with E-state index >= 15 is 0 Å². The van der Waals surface area contributed by atoms with Gasteiger partial charge in [0.1, 0.15) is 5.56 Å². The van der Waals surface area contributed by atoms with Crippen LogP contribution in [0, 0.1) is 10.1 Å². The first-order valence-electron chi connectivity index (χ1n) is 5.36. The van der Waals surface area contributed by atoms with Gasteiger partial charge in [-0.15, -0.1) is 0 Å². The van der Waals surface area contributed by atoms with Gasteiger partial charge in [0.2, 0.25) is 0 Å². The topological polar surface area (TPSA) is 92.5 Å². The summed E-state index contributed by atoms with van der Waals surface area (Å²) in [5, 5.41) is 22.5. The quantitative estimate of drug-likeness (QED) is 0.631. The van der Waals surface area contributed by atoms with Crippen LogP contribution in [-0.4, -0.2) is 28.6 Å². The van der Waals surface area contributed by atoms with Crippen LogP contribution in [0.15, 0.2) is 18.2 Å². The predicted molar refractivity (Wildman–Crippen MR) is 66.7 cm³/mol. The van der Waals surface area contributed by atoms with E-state index in [0.717, 1.165) is 0 Å². The van der Waals surface area contributed by atoms with Crippen LogP contribution in [0.4, 0.5) is 5.69 Å². The number of hydrogen-bond acceptors (Lipinski definition) is 4. The summed E-state index contributed by atoms with van der Waals surface area (Å²) in [6.45, 7) is 1.78. The lowest BCUT2D eigenvalue weighted by atomic mass is 10.1. The van der Waals surface area contributed by atoms with Gasteiger partial charge in [-0.2, -0.15) is 0 Å². The molecule has 1 aromatic carbocycles. The van der Waals surface area contributed by atoms with Gasteiger partial charge in [-0.1, -0.05) is 24.6 Å². The van der Waals surface area contributed by atoms with Crippen molar-refractivity contribution in [3.05, 3.63) is 38.9 Å². The van der Waals surface area contributed by atoms with Crippen molar-refractivity contribution >= 4 is 23.2 Å². The van der Waals surface area contributed by atoms with Gasteiger partial charge in [0.05, 0.1) is 16.0 Å². The van der Waals surface area contributed by atoms with Crippen LogP contribution in [0.1, 0.15) is 23.7 Å². The summed E-state index contributed by atoms with van der Waals surface area (Å²) in [6, 6.07) is 4.01. The van der Waals surface area contributed by atoms with Gasteiger partial charge in [-0.25, -0.2) is 0 Å². The summed E-state index contributed by atoms with van der Waals surface area (Å²) in [5.74, 6) is -0.667. The molecule has 0 aliphatic heterocycles. The molecule has 98 valence electrons. The molecule has 0 aliphatic rings. The number of rotatable bonds is 5. The largest absolute Gasteiger partial charge is 0.391 e. The zero-order chi connectivity index (χ0) is 13.7. The van der Waals surface area contributed by atoms with E-state index in [1.807, 2.05) is 0 Å². The molecular formula is C11H13ClN2O4. The van der Waals surface area contributed by atoms with E-state index in [4.69, 9.17) is 11.6 Å². The molecule has 0 fully saturated rings. The highest BCUT2D eigenvalue weighted by Crippen LogP contribution is 2.25. The van der Waals surface area contributed by atoms with Gasteiger partial charge in [-0.05, 0) is 12.5 Å². The molecule has 1 atom stereocenters. The minimum Gasteiger partial charge on any atom is -0.391 e. The minimum atomic E-state index is -0.685. The standard InChI is InChI=1S/C11H13ClN2O4/c1-2-7(15)6-13-11(16)10-8(12)4-3-5-9(10)14(17)18/h3-5,7,15H,2,6H2,1H3,(H,13,16). The Kier molecular flexibility index (Phi) is 5.06. The van der Waals surface area contributed by atoms with E-state index in [2.05, 4.69) is 5.32 Å². The molecule has 1 unspecified atom stereocenters. The van der Waals surface area contributed by atoms with Gasteiger partial charge >= 0.3 is 0 Å². The minimum absolute atomic E-state index is 0.00712. The van der Waals surface area contributed by atoms with Crippen molar-refractivity contribution in [2.24, 2.45) is 0 Å². The number of nitro benzene ring substituents is 1. The van der Waals surface area contributed by atoms with Crippen LogP contribution in [0.25, 0.3) is 0 Å². The Morgan fingerprint density at radius 1 is 1.61 bits per heavy atom. The second-order valence-electron chi connectivity index (χ2n) is 3.66. The molecular weight excluding hydrogens is 260 g/mol. The fourth-order valence-corrected chi connectivity index (χ4v) is 1.59. The molecule has 7 heteroatoms. The summed E-state index contributed by atoms with van der Waals surface area (Å²) in [6.07, 6.45) is -0.208. The van der Waals surface area contributed by atoms with Gasteiger partial charge in [0.15, 0.2) is 0 Å². The zero-order valence-electron chi connectivity index (χ0n) is 9.72. The molecule has 1 amide bonds. The smallest absolute Gasteiger partial charge is 0.283 e. The Morgan fingerprint density at radius 3 is 2.83 bits per heavy atom. The van der Waals surface area contributed by atoms with Crippen molar-refractivity contribution in [1.29, 1.82) is 0 Å². The molecule has 2 N–H and O–H groups in total. The third kappa shape index (κ3) is 3.41. The Hall–Kier alpha value is -1.66. The molecule has 0 saturated carbocycles. The molecule has 0 bridgehead atoms. The average Bonchev–Trinajstić information content (AvgIpc) is 2.34. The second-order valence-corrected chi connectivity index (χ2v) is 4.07. The Balaban J connectivity index is 2.94. The predicted octanol–water partition coefficient (Wildman–Crippen LogP) is 1.75. The molecule has 0 heterocycles. The summed E-state index contributed by atoms with van der Waals surface area (Å²) in [5.41, 5.74) is -0.543. The Labute approximate surface area is 109 Å². The zero-order valence-corrected chi connectivity index (χ0v) is 10.5. The van der Waals surface area contributed by atoms with Crippen LogP contribution in [-0.2, 0) is 0 Å². The first-order chi connectivity index (χ1) is 8.47. The number of carbonyl (C=O) groups excluding carboxylic acids is 1. The number of carbonyl (C=O) groups is 1. The van der Waals surface area contributed by atoms with Crippen molar-refractivity contribution in [3.63, 3.8) is 0 Å². The van der Waals surface area contributed by atoms with Crippen molar-refractivity contribution in [2.45, 2.75) is 19.4 Å². The summed E-state index contributed by atoms with van der Waals surface area (Å²) < 4.78 is 0. The fourth-order valence-electron chi connectivity index (χ4n) is 1.33. The lowest BCUT2D eigenvalue weighted by Gasteiger charge is -2.10. The second kappa shape index (κ2) is 6.32. The average molecular weight is 273 g/mol. The lowest BCUT2D eigenvalue weighted by Crippen LogP contribution is -2.32. The van der Waals surface area contributed by atoms with E-state index in [9.17, 15) is 20.0 Å². The van der Waals surface area contributed by atoms with Crippen LogP contribution >= 0.6 is 11.6 Å². The van der Waals surface area contributed by atoms with Crippen LogP contribution < -0.4 is 5.32 Å². The summed E-state index contributed by atoms with van der Waals surface area (Å²) >= 11 is 5.79. The fraction of sp³-hybridized carbons (Fsp3) is 0.364. The molecule has 0 aliphatic carbocycles. The first kappa shape index (κ1) is 14.4. The van der Waals surface area contributed by atoms with E-state index in [1.54, 1.807) is 6.92 Å². The maximum atomic E-state index is 11.8. The molecule has 0 aromatic heterocycles. The van der Waals surface area contributed by atoms with Gasteiger partial charge in [0.25, 0.3) is 11.6 Å². The summed E-state index contributed by atoms with van der Waals surface area (Å²) in [7, 11) is 0. The molecule has 1 rings (SSSR count). The van der Waals surface area contributed by atoms with Crippen LogP contribution in [0.3, 0.4) is 0 Å². The number of amides is 1. The van der Waals surface area contributed by atoms with E-state index in [0.29, 0.717) is 6.42 Å². The number of nitro groups is 1. The van der Waals surface area contributed by atoms with Crippen molar-refractivity contribution < 1.29 is 14.8 Å². The Bertz CT molecular complexity index is 464. The highest BCUT2D eigenvalue weighted by Gasteiger charge is 2.23.